The van der Waals surface area contributed by atoms with E-state index in [0.717, 1.165) is 35.5 Å². The predicted octanol–water partition coefficient (Wildman–Crippen LogP) is 2.99. The molecule has 2 heterocycles. The van der Waals surface area contributed by atoms with E-state index in [1.807, 2.05) is 42.5 Å². The highest BCUT2D eigenvalue weighted by Gasteiger charge is 2.30. The Hall–Kier alpha value is -2.71. The van der Waals surface area contributed by atoms with Gasteiger partial charge in [0.05, 0.1) is 4.90 Å². The van der Waals surface area contributed by atoms with E-state index in [9.17, 15) is 8.42 Å². The quantitative estimate of drug-likeness (QED) is 0.605. The van der Waals surface area contributed by atoms with Gasteiger partial charge >= 0.3 is 0 Å². The van der Waals surface area contributed by atoms with Crippen LogP contribution in [-0.4, -0.2) is 62.2 Å². The second-order valence-corrected chi connectivity index (χ2v) is 9.20. The molecule has 2 aromatic carbocycles. The Morgan fingerprint density at radius 2 is 1.57 bits per heavy atom. The maximum atomic E-state index is 13.3. The first-order valence-electron chi connectivity index (χ1n) is 10.4. The van der Waals surface area contributed by atoms with Gasteiger partial charge in [0.2, 0.25) is 10.0 Å². The van der Waals surface area contributed by atoms with Gasteiger partial charge in [-0.05, 0) is 37.4 Å². The molecular formula is C22H27N5O2S. The third-order valence-electron chi connectivity index (χ3n) is 5.65. The van der Waals surface area contributed by atoms with E-state index in [1.54, 1.807) is 16.4 Å². The minimum absolute atomic E-state index is 0.373. The number of fused-ring (bicyclic) bond motifs is 1. The van der Waals surface area contributed by atoms with Gasteiger partial charge in [-0.25, -0.2) is 8.42 Å². The summed E-state index contributed by atoms with van der Waals surface area (Å²) < 4.78 is 28.2. The van der Waals surface area contributed by atoms with Crippen LogP contribution in [0.1, 0.15) is 13.8 Å². The third kappa shape index (κ3) is 3.85. The lowest BCUT2D eigenvalue weighted by Crippen LogP contribution is -2.49. The summed E-state index contributed by atoms with van der Waals surface area (Å²) in [6.45, 7) is 7.97. The van der Waals surface area contributed by atoms with E-state index in [-0.39, 0.29) is 0 Å². The standard InChI is InChI=1S/C22H27N5O2S/c1-3-25(4-2)21-12-13-22(24-23-21)26-14-16-27(17-15-26)30(28,29)20-11-7-9-18-8-5-6-10-19(18)20/h5-13H,3-4,14-17H2,1-2H3. The molecule has 3 aromatic rings. The van der Waals surface area contributed by atoms with Gasteiger partial charge in [0, 0.05) is 44.7 Å². The first-order valence-corrected chi connectivity index (χ1v) is 11.8. The highest BCUT2D eigenvalue weighted by atomic mass is 32.2. The lowest BCUT2D eigenvalue weighted by atomic mass is 10.1. The zero-order chi connectivity index (χ0) is 21.1. The SMILES string of the molecule is CCN(CC)c1ccc(N2CCN(S(=O)(=O)c3cccc4ccccc34)CC2)nn1. The van der Waals surface area contributed by atoms with E-state index < -0.39 is 10.0 Å². The molecule has 8 heteroatoms. The van der Waals surface area contributed by atoms with Crippen LogP contribution in [0.15, 0.2) is 59.5 Å². The van der Waals surface area contributed by atoms with Crippen molar-refractivity contribution in [2.45, 2.75) is 18.7 Å². The minimum atomic E-state index is -3.56. The Kier molecular flexibility index (Phi) is 5.87. The zero-order valence-corrected chi connectivity index (χ0v) is 18.2. The molecule has 0 aliphatic carbocycles. The van der Waals surface area contributed by atoms with Gasteiger partial charge in [-0.3, -0.25) is 0 Å². The Labute approximate surface area is 178 Å². The second kappa shape index (κ2) is 8.57. The van der Waals surface area contributed by atoms with E-state index >= 15 is 0 Å². The van der Waals surface area contributed by atoms with Gasteiger partial charge in [-0.1, -0.05) is 36.4 Å². The van der Waals surface area contributed by atoms with Crippen molar-refractivity contribution in [2.24, 2.45) is 0 Å². The molecule has 1 aliphatic heterocycles. The summed E-state index contributed by atoms with van der Waals surface area (Å²) in [6.07, 6.45) is 0. The molecule has 4 rings (SSSR count). The molecular weight excluding hydrogens is 398 g/mol. The van der Waals surface area contributed by atoms with Gasteiger partial charge in [-0.2, -0.15) is 4.31 Å². The van der Waals surface area contributed by atoms with E-state index in [1.165, 1.54) is 0 Å². The molecule has 0 N–H and O–H groups in total. The van der Waals surface area contributed by atoms with Crippen LogP contribution < -0.4 is 9.80 Å². The molecule has 0 bridgehead atoms. The molecule has 7 nitrogen and oxygen atoms in total. The van der Waals surface area contributed by atoms with Gasteiger partial charge in [0.15, 0.2) is 11.6 Å². The number of rotatable bonds is 6. The monoisotopic (exact) mass is 425 g/mol. The van der Waals surface area contributed by atoms with Gasteiger partial charge in [0.1, 0.15) is 0 Å². The summed E-state index contributed by atoms with van der Waals surface area (Å²) in [4.78, 5) is 4.61. The molecule has 1 aromatic heterocycles. The fourth-order valence-electron chi connectivity index (χ4n) is 3.92. The summed E-state index contributed by atoms with van der Waals surface area (Å²) in [5.41, 5.74) is 0. The lowest BCUT2D eigenvalue weighted by molar-refractivity contribution is 0.384. The molecule has 0 saturated carbocycles. The molecule has 30 heavy (non-hydrogen) atoms. The normalized spacial score (nSPS) is 15.5. The van der Waals surface area contributed by atoms with Crippen LogP contribution >= 0.6 is 0 Å². The fraction of sp³-hybridized carbons (Fsp3) is 0.364. The van der Waals surface area contributed by atoms with Crippen molar-refractivity contribution >= 4 is 32.4 Å². The number of piperazine rings is 1. The van der Waals surface area contributed by atoms with Crippen molar-refractivity contribution in [3.8, 4) is 0 Å². The van der Waals surface area contributed by atoms with Gasteiger partial charge in [0.25, 0.3) is 0 Å². The van der Waals surface area contributed by atoms with Crippen molar-refractivity contribution in [1.82, 2.24) is 14.5 Å². The van der Waals surface area contributed by atoms with Crippen LogP contribution in [0.25, 0.3) is 10.8 Å². The molecule has 1 aliphatic rings. The molecule has 0 atom stereocenters. The number of benzene rings is 2. The maximum absolute atomic E-state index is 13.3. The van der Waals surface area contributed by atoms with Crippen LogP contribution in [0.5, 0.6) is 0 Å². The summed E-state index contributed by atoms with van der Waals surface area (Å²) >= 11 is 0. The Morgan fingerprint density at radius 1 is 0.867 bits per heavy atom. The summed E-state index contributed by atoms with van der Waals surface area (Å²) in [5.74, 6) is 1.65. The van der Waals surface area contributed by atoms with Crippen molar-refractivity contribution in [2.75, 3.05) is 49.1 Å². The molecule has 158 valence electrons. The fourth-order valence-corrected chi connectivity index (χ4v) is 5.56. The van der Waals surface area contributed by atoms with Crippen LogP contribution in [-0.2, 0) is 10.0 Å². The topological polar surface area (TPSA) is 69.6 Å². The van der Waals surface area contributed by atoms with Crippen LogP contribution in [0.2, 0.25) is 0 Å². The van der Waals surface area contributed by atoms with Gasteiger partial charge in [-0.15, -0.1) is 10.2 Å². The summed E-state index contributed by atoms with van der Waals surface area (Å²) in [7, 11) is -3.56. The smallest absolute Gasteiger partial charge is 0.243 e. The van der Waals surface area contributed by atoms with E-state index in [0.29, 0.717) is 31.1 Å². The number of hydrogen-bond donors (Lipinski definition) is 0. The van der Waals surface area contributed by atoms with Gasteiger partial charge < -0.3 is 9.80 Å². The first-order chi connectivity index (χ1) is 14.5. The van der Waals surface area contributed by atoms with Crippen LogP contribution in [0, 0.1) is 0 Å². The van der Waals surface area contributed by atoms with E-state index in [4.69, 9.17) is 0 Å². The molecule has 0 spiro atoms. The number of hydrogen-bond acceptors (Lipinski definition) is 6. The highest BCUT2D eigenvalue weighted by molar-refractivity contribution is 7.89. The summed E-state index contributed by atoms with van der Waals surface area (Å²) in [5, 5.41) is 10.4. The Morgan fingerprint density at radius 3 is 2.23 bits per heavy atom. The van der Waals surface area contributed by atoms with Crippen molar-refractivity contribution in [1.29, 1.82) is 0 Å². The summed E-state index contributed by atoms with van der Waals surface area (Å²) in [6, 6.07) is 17.0. The molecule has 0 radical (unpaired) electrons. The average molecular weight is 426 g/mol. The Bertz CT molecular complexity index is 1100. The van der Waals surface area contributed by atoms with Crippen LogP contribution in [0.4, 0.5) is 11.6 Å². The molecule has 1 saturated heterocycles. The first kappa shape index (κ1) is 20.6. The number of sulfonamides is 1. The third-order valence-corrected chi connectivity index (χ3v) is 7.61. The predicted molar refractivity (Wildman–Crippen MR) is 121 cm³/mol. The van der Waals surface area contributed by atoms with Crippen molar-refractivity contribution in [3.63, 3.8) is 0 Å². The molecule has 0 unspecified atom stereocenters. The van der Waals surface area contributed by atoms with Crippen LogP contribution in [0.3, 0.4) is 0 Å². The molecule has 0 amide bonds. The van der Waals surface area contributed by atoms with E-state index in [2.05, 4.69) is 33.8 Å². The van der Waals surface area contributed by atoms with Crippen molar-refractivity contribution in [3.05, 3.63) is 54.6 Å². The number of anilines is 2. The number of aromatic nitrogens is 2. The number of nitrogens with zero attached hydrogens (tertiary/aromatic N) is 5. The minimum Gasteiger partial charge on any atom is -0.356 e. The van der Waals surface area contributed by atoms with Crippen molar-refractivity contribution < 1.29 is 8.42 Å². The largest absolute Gasteiger partial charge is 0.356 e. The second-order valence-electron chi connectivity index (χ2n) is 7.29. The lowest BCUT2D eigenvalue weighted by Gasteiger charge is -2.34. The maximum Gasteiger partial charge on any atom is 0.243 e. The average Bonchev–Trinajstić information content (AvgIpc) is 2.80. The Balaban J connectivity index is 1.49. The highest BCUT2D eigenvalue weighted by Crippen LogP contribution is 2.27. The molecule has 1 fully saturated rings. The zero-order valence-electron chi connectivity index (χ0n) is 17.4.